The maximum atomic E-state index is 9.77. The molecule has 0 amide bonds. The van der Waals surface area contributed by atoms with Crippen LogP contribution in [0.15, 0.2) is 24.3 Å². The van der Waals surface area contributed by atoms with E-state index in [-0.39, 0.29) is 5.75 Å². The fourth-order valence-electron chi connectivity index (χ4n) is 1.23. The third-order valence-electron chi connectivity index (χ3n) is 2.09. The highest BCUT2D eigenvalue weighted by atomic mass is 16.5. The Morgan fingerprint density at radius 1 is 1.17 bits per heavy atom. The lowest BCUT2D eigenvalue weighted by molar-refractivity contribution is -0.184. The van der Waals surface area contributed by atoms with Gasteiger partial charge in [0.25, 0.3) is 0 Å². The molecule has 1 aliphatic rings. The standard InChI is InChI=1S/C9H10O3/c10-8-3-1-7(2-4-8)9(11)5-12-6-9/h1-4,10-11H,5-6H2. The molecule has 0 aliphatic carbocycles. The molecule has 0 bridgehead atoms. The van der Waals surface area contributed by atoms with Crippen LogP contribution in [0.3, 0.4) is 0 Å². The van der Waals surface area contributed by atoms with Crippen molar-refractivity contribution in [2.24, 2.45) is 0 Å². The molecule has 0 spiro atoms. The molecule has 0 radical (unpaired) electrons. The Kier molecular flexibility index (Phi) is 1.56. The van der Waals surface area contributed by atoms with Crippen LogP contribution in [0.5, 0.6) is 5.75 Å². The summed E-state index contributed by atoms with van der Waals surface area (Å²) < 4.78 is 4.91. The fraction of sp³-hybridized carbons (Fsp3) is 0.333. The monoisotopic (exact) mass is 166 g/mol. The van der Waals surface area contributed by atoms with Crippen LogP contribution >= 0.6 is 0 Å². The summed E-state index contributed by atoms with van der Waals surface area (Å²) in [6, 6.07) is 6.53. The van der Waals surface area contributed by atoms with Gasteiger partial charge in [-0.3, -0.25) is 0 Å². The number of hydrogen-bond acceptors (Lipinski definition) is 3. The van der Waals surface area contributed by atoms with E-state index in [9.17, 15) is 5.11 Å². The van der Waals surface area contributed by atoms with E-state index in [0.29, 0.717) is 13.2 Å². The molecule has 1 saturated heterocycles. The zero-order valence-corrected chi connectivity index (χ0v) is 6.53. The highest BCUT2D eigenvalue weighted by molar-refractivity contribution is 5.30. The summed E-state index contributed by atoms with van der Waals surface area (Å²) in [4.78, 5) is 0. The predicted octanol–water partition coefficient (Wildman–Crippen LogP) is 0.610. The first-order chi connectivity index (χ1) is 5.71. The summed E-state index contributed by atoms with van der Waals surface area (Å²) in [6.07, 6.45) is 0. The molecule has 3 nitrogen and oxygen atoms in total. The molecule has 1 aromatic carbocycles. The Balaban J connectivity index is 2.28. The molecule has 1 aromatic rings. The van der Waals surface area contributed by atoms with Gasteiger partial charge >= 0.3 is 0 Å². The Hall–Kier alpha value is -1.06. The average molecular weight is 166 g/mol. The van der Waals surface area contributed by atoms with Crippen molar-refractivity contribution >= 4 is 0 Å². The maximum Gasteiger partial charge on any atom is 0.136 e. The van der Waals surface area contributed by atoms with Crippen molar-refractivity contribution in [3.05, 3.63) is 29.8 Å². The summed E-state index contributed by atoms with van der Waals surface area (Å²) in [7, 11) is 0. The van der Waals surface area contributed by atoms with E-state index in [2.05, 4.69) is 0 Å². The molecular formula is C9H10O3. The first-order valence-corrected chi connectivity index (χ1v) is 3.80. The van der Waals surface area contributed by atoms with E-state index in [1.54, 1.807) is 24.3 Å². The minimum absolute atomic E-state index is 0.211. The van der Waals surface area contributed by atoms with Gasteiger partial charge in [0, 0.05) is 0 Å². The third kappa shape index (κ3) is 1.07. The second-order valence-corrected chi connectivity index (χ2v) is 3.07. The largest absolute Gasteiger partial charge is 0.508 e. The molecule has 0 saturated carbocycles. The van der Waals surface area contributed by atoms with Crippen molar-refractivity contribution in [1.82, 2.24) is 0 Å². The van der Waals surface area contributed by atoms with Crippen LogP contribution in [0.1, 0.15) is 5.56 Å². The van der Waals surface area contributed by atoms with Crippen molar-refractivity contribution in [3.8, 4) is 5.75 Å². The summed E-state index contributed by atoms with van der Waals surface area (Å²) in [5, 5.41) is 18.8. The van der Waals surface area contributed by atoms with Crippen LogP contribution < -0.4 is 0 Å². The van der Waals surface area contributed by atoms with Gasteiger partial charge < -0.3 is 14.9 Å². The van der Waals surface area contributed by atoms with Gasteiger partial charge in [-0.25, -0.2) is 0 Å². The number of benzene rings is 1. The van der Waals surface area contributed by atoms with Crippen LogP contribution in [0.2, 0.25) is 0 Å². The zero-order valence-electron chi connectivity index (χ0n) is 6.53. The molecule has 0 aromatic heterocycles. The van der Waals surface area contributed by atoms with E-state index < -0.39 is 5.60 Å². The lowest BCUT2D eigenvalue weighted by Crippen LogP contribution is -2.46. The highest BCUT2D eigenvalue weighted by Gasteiger charge is 2.37. The van der Waals surface area contributed by atoms with Gasteiger partial charge in [0.15, 0.2) is 0 Å². The summed E-state index contributed by atoms with van der Waals surface area (Å²) >= 11 is 0. The zero-order chi connectivity index (χ0) is 8.60. The second kappa shape index (κ2) is 2.47. The molecule has 2 N–H and O–H groups in total. The smallest absolute Gasteiger partial charge is 0.136 e. The van der Waals surface area contributed by atoms with E-state index in [0.717, 1.165) is 5.56 Å². The fourth-order valence-corrected chi connectivity index (χ4v) is 1.23. The van der Waals surface area contributed by atoms with Crippen LogP contribution in [0, 0.1) is 0 Å². The van der Waals surface area contributed by atoms with Crippen LogP contribution in [0.4, 0.5) is 0 Å². The van der Waals surface area contributed by atoms with Gasteiger partial charge in [0.05, 0.1) is 13.2 Å². The Labute approximate surface area is 70.2 Å². The first-order valence-electron chi connectivity index (χ1n) is 3.80. The van der Waals surface area contributed by atoms with Crippen molar-refractivity contribution in [2.45, 2.75) is 5.60 Å². The number of hydrogen-bond donors (Lipinski definition) is 2. The SMILES string of the molecule is Oc1ccc(C2(O)COC2)cc1. The lowest BCUT2D eigenvalue weighted by Gasteiger charge is -2.36. The van der Waals surface area contributed by atoms with Gasteiger partial charge in [0.1, 0.15) is 11.4 Å². The van der Waals surface area contributed by atoms with E-state index >= 15 is 0 Å². The third-order valence-corrected chi connectivity index (χ3v) is 2.09. The molecule has 1 fully saturated rings. The summed E-state index contributed by atoms with van der Waals surface area (Å²) in [5.41, 5.74) is -0.0280. The van der Waals surface area contributed by atoms with Crippen molar-refractivity contribution in [2.75, 3.05) is 13.2 Å². The molecule has 0 atom stereocenters. The Morgan fingerprint density at radius 3 is 2.17 bits per heavy atom. The van der Waals surface area contributed by atoms with Gasteiger partial charge in [-0.1, -0.05) is 12.1 Å². The van der Waals surface area contributed by atoms with Gasteiger partial charge in [-0.15, -0.1) is 0 Å². The quantitative estimate of drug-likeness (QED) is 0.642. The maximum absolute atomic E-state index is 9.77. The minimum atomic E-state index is -0.826. The van der Waals surface area contributed by atoms with Gasteiger partial charge in [-0.2, -0.15) is 0 Å². The van der Waals surface area contributed by atoms with E-state index in [1.807, 2.05) is 0 Å². The first kappa shape index (κ1) is 7.58. The topological polar surface area (TPSA) is 49.7 Å². The molecule has 64 valence electrons. The normalized spacial score (nSPS) is 20.1. The highest BCUT2D eigenvalue weighted by Crippen LogP contribution is 2.29. The molecule has 0 unspecified atom stereocenters. The number of phenols is 1. The van der Waals surface area contributed by atoms with Crippen LogP contribution in [-0.2, 0) is 10.3 Å². The average Bonchev–Trinajstić information content (AvgIpc) is 2.02. The number of ether oxygens (including phenoxy) is 1. The number of aliphatic hydroxyl groups is 1. The minimum Gasteiger partial charge on any atom is -0.508 e. The molecule has 2 rings (SSSR count). The number of phenolic OH excluding ortho intramolecular Hbond substituents is 1. The van der Waals surface area contributed by atoms with Crippen molar-refractivity contribution in [1.29, 1.82) is 0 Å². The lowest BCUT2D eigenvalue weighted by atomic mass is 9.92. The van der Waals surface area contributed by atoms with Crippen LogP contribution in [0.25, 0.3) is 0 Å². The molecular weight excluding hydrogens is 156 g/mol. The molecule has 1 aliphatic heterocycles. The van der Waals surface area contributed by atoms with Crippen molar-refractivity contribution in [3.63, 3.8) is 0 Å². The molecule has 3 heteroatoms. The van der Waals surface area contributed by atoms with Gasteiger partial charge in [0.2, 0.25) is 0 Å². The summed E-state index contributed by atoms with van der Waals surface area (Å²) in [6.45, 7) is 0.690. The van der Waals surface area contributed by atoms with Gasteiger partial charge in [-0.05, 0) is 17.7 Å². The molecule has 1 heterocycles. The van der Waals surface area contributed by atoms with E-state index in [4.69, 9.17) is 9.84 Å². The second-order valence-electron chi connectivity index (χ2n) is 3.07. The van der Waals surface area contributed by atoms with Crippen molar-refractivity contribution < 1.29 is 14.9 Å². The van der Waals surface area contributed by atoms with E-state index in [1.165, 1.54) is 0 Å². The van der Waals surface area contributed by atoms with Crippen LogP contribution in [-0.4, -0.2) is 23.4 Å². The summed E-state index contributed by atoms with van der Waals surface area (Å²) in [5.74, 6) is 0.211. The Bertz CT molecular complexity index is 274. The number of aromatic hydroxyl groups is 1. The Morgan fingerprint density at radius 2 is 1.75 bits per heavy atom. The molecule has 12 heavy (non-hydrogen) atoms. The predicted molar refractivity (Wildman–Crippen MR) is 42.8 cm³/mol. The number of rotatable bonds is 1.